The first kappa shape index (κ1) is 13.9. The summed E-state index contributed by atoms with van der Waals surface area (Å²) in [6.07, 6.45) is 3.31. The average Bonchev–Trinajstić information content (AvgIpc) is 2.85. The number of rotatable bonds is 6. The minimum absolute atomic E-state index is 0.512. The SMILES string of the molecule is C=C(CCC1c2ccccc2-c2ccccc21)NCCC. The lowest BCUT2D eigenvalue weighted by molar-refractivity contribution is 0.665. The summed E-state index contributed by atoms with van der Waals surface area (Å²) in [7, 11) is 0. The quantitative estimate of drug-likeness (QED) is 0.775. The molecule has 1 nitrogen and oxygen atoms in total. The van der Waals surface area contributed by atoms with Crippen molar-refractivity contribution in [2.45, 2.75) is 32.1 Å². The van der Waals surface area contributed by atoms with Crippen molar-refractivity contribution in [1.29, 1.82) is 0 Å². The Morgan fingerprint density at radius 2 is 1.57 bits per heavy atom. The molecule has 2 aromatic carbocycles. The summed E-state index contributed by atoms with van der Waals surface area (Å²) in [6.45, 7) is 7.36. The first-order chi connectivity index (χ1) is 10.3. The molecular weight excluding hydrogens is 254 g/mol. The lowest BCUT2D eigenvalue weighted by atomic mass is 9.92. The summed E-state index contributed by atoms with van der Waals surface area (Å²) in [5, 5.41) is 3.41. The van der Waals surface area contributed by atoms with Crippen LogP contribution in [0.25, 0.3) is 11.1 Å². The van der Waals surface area contributed by atoms with E-state index in [0.29, 0.717) is 5.92 Å². The Hall–Kier alpha value is -2.02. The van der Waals surface area contributed by atoms with Crippen LogP contribution in [0.15, 0.2) is 60.8 Å². The van der Waals surface area contributed by atoms with E-state index in [2.05, 4.69) is 67.4 Å². The monoisotopic (exact) mass is 277 g/mol. The Labute approximate surface area is 127 Å². The van der Waals surface area contributed by atoms with Gasteiger partial charge in [0.25, 0.3) is 0 Å². The van der Waals surface area contributed by atoms with E-state index < -0.39 is 0 Å². The second-order valence-corrected chi connectivity index (χ2v) is 5.80. The molecule has 0 amide bonds. The van der Waals surface area contributed by atoms with Gasteiger partial charge in [0.2, 0.25) is 0 Å². The zero-order chi connectivity index (χ0) is 14.7. The molecule has 2 aromatic rings. The van der Waals surface area contributed by atoms with Crippen molar-refractivity contribution in [3.8, 4) is 11.1 Å². The second kappa shape index (κ2) is 6.17. The molecule has 1 heteroatoms. The van der Waals surface area contributed by atoms with Crippen LogP contribution in [0.5, 0.6) is 0 Å². The van der Waals surface area contributed by atoms with Crippen LogP contribution in [0.1, 0.15) is 43.2 Å². The van der Waals surface area contributed by atoms with Gasteiger partial charge in [0.05, 0.1) is 0 Å². The van der Waals surface area contributed by atoms with E-state index in [9.17, 15) is 0 Å². The summed E-state index contributed by atoms with van der Waals surface area (Å²) >= 11 is 0. The van der Waals surface area contributed by atoms with Gasteiger partial charge in [-0.2, -0.15) is 0 Å². The minimum Gasteiger partial charge on any atom is -0.389 e. The van der Waals surface area contributed by atoms with Gasteiger partial charge in [-0.15, -0.1) is 0 Å². The molecule has 0 saturated heterocycles. The fraction of sp³-hybridized carbons (Fsp3) is 0.300. The highest BCUT2D eigenvalue weighted by molar-refractivity contribution is 5.78. The smallest absolute Gasteiger partial charge is 0.0141 e. The van der Waals surface area contributed by atoms with Crippen LogP contribution >= 0.6 is 0 Å². The third kappa shape index (κ3) is 2.73. The number of benzene rings is 2. The van der Waals surface area contributed by atoms with Crippen molar-refractivity contribution >= 4 is 0 Å². The van der Waals surface area contributed by atoms with Crippen molar-refractivity contribution in [2.24, 2.45) is 0 Å². The van der Waals surface area contributed by atoms with Crippen molar-refractivity contribution in [1.82, 2.24) is 5.32 Å². The lowest BCUT2D eigenvalue weighted by Crippen LogP contribution is -2.13. The highest BCUT2D eigenvalue weighted by Gasteiger charge is 2.27. The molecule has 0 bridgehead atoms. The fourth-order valence-corrected chi connectivity index (χ4v) is 3.28. The molecule has 1 N–H and O–H groups in total. The molecule has 0 radical (unpaired) electrons. The van der Waals surface area contributed by atoms with E-state index in [1.54, 1.807) is 0 Å². The van der Waals surface area contributed by atoms with Crippen LogP contribution in [0, 0.1) is 0 Å². The van der Waals surface area contributed by atoms with E-state index in [1.165, 1.54) is 28.0 Å². The maximum atomic E-state index is 4.15. The van der Waals surface area contributed by atoms with Gasteiger partial charge in [-0.3, -0.25) is 0 Å². The van der Waals surface area contributed by atoms with Gasteiger partial charge in [0, 0.05) is 18.2 Å². The first-order valence-electron chi connectivity index (χ1n) is 7.91. The molecule has 1 aliphatic rings. The molecule has 0 saturated carbocycles. The molecule has 0 fully saturated rings. The van der Waals surface area contributed by atoms with Gasteiger partial charge in [0.15, 0.2) is 0 Å². The summed E-state index contributed by atoms with van der Waals surface area (Å²) in [5.74, 6) is 0.512. The maximum Gasteiger partial charge on any atom is 0.0141 e. The summed E-state index contributed by atoms with van der Waals surface area (Å²) in [5.41, 5.74) is 6.93. The van der Waals surface area contributed by atoms with Crippen molar-refractivity contribution < 1.29 is 0 Å². The van der Waals surface area contributed by atoms with Crippen LogP contribution in [-0.4, -0.2) is 6.54 Å². The minimum atomic E-state index is 0.512. The molecule has 0 aromatic heterocycles. The Morgan fingerprint density at radius 3 is 2.14 bits per heavy atom. The molecule has 3 rings (SSSR count). The van der Waals surface area contributed by atoms with Gasteiger partial charge < -0.3 is 5.32 Å². The third-order valence-corrected chi connectivity index (χ3v) is 4.32. The molecule has 0 atom stereocenters. The standard InChI is InChI=1S/C20H23N/c1-3-14-21-15(2)12-13-20-18-10-6-4-8-16(18)17-9-5-7-11-19(17)20/h4-11,20-21H,2-3,12-14H2,1H3. The number of hydrogen-bond acceptors (Lipinski definition) is 1. The van der Waals surface area contributed by atoms with Crippen LogP contribution in [-0.2, 0) is 0 Å². The Balaban J connectivity index is 1.81. The Bertz CT molecular complexity index is 596. The summed E-state index contributed by atoms with van der Waals surface area (Å²) in [4.78, 5) is 0. The first-order valence-corrected chi connectivity index (χ1v) is 7.91. The van der Waals surface area contributed by atoms with E-state index >= 15 is 0 Å². The molecule has 108 valence electrons. The number of hydrogen-bond donors (Lipinski definition) is 1. The molecule has 21 heavy (non-hydrogen) atoms. The number of allylic oxidation sites excluding steroid dienone is 1. The van der Waals surface area contributed by atoms with Gasteiger partial charge in [-0.05, 0) is 41.5 Å². The van der Waals surface area contributed by atoms with Gasteiger partial charge >= 0.3 is 0 Å². The number of fused-ring (bicyclic) bond motifs is 3. The maximum absolute atomic E-state index is 4.15. The highest BCUT2D eigenvalue weighted by atomic mass is 14.9. The van der Waals surface area contributed by atoms with Gasteiger partial charge in [0.1, 0.15) is 0 Å². The fourth-order valence-electron chi connectivity index (χ4n) is 3.28. The topological polar surface area (TPSA) is 12.0 Å². The van der Waals surface area contributed by atoms with E-state index in [0.717, 1.165) is 25.8 Å². The van der Waals surface area contributed by atoms with E-state index in [4.69, 9.17) is 0 Å². The largest absolute Gasteiger partial charge is 0.389 e. The van der Waals surface area contributed by atoms with Gasteiger partial charge in [-0.25, -0.2) is 0 Å². The third-order valence-electron chi connectivity index (χ3n) is 4.32. The van der Waals surface area contributed by atoms with E-state index in [-0.39, 0.29) is 0 Å². The molecule has 0 spiro atoms. The second-order valence-electron chi connectivity index (χ2n) is 5.80. The predicted octanol–water partition coefficient (Wildman–Crippen LogP) is 5.09. The summed E-state index contributed by atoms with van der Waals surface area (Å²) in [6, 6.07) is 17.6. The van der Waals surface area contributed by atoms with Crippen molar-refractivity contribution in [2.75, 3.05) is 6.54 Å². The molecule has 0 heterocycles. The van der Waals surface area contributed by atoms with Crippen molar-refractivity contribution in [3.05, 3.63) is 71.9 Å². The molecule has 1 aliphatic carbocycles. The Morgan fingerprint density at radius 1 is 1.00 bits per heavy atom. The van der Waals surface area contributed by atoms with Crippen molar-refractivity contribution in [3.63, 3.8) is 0 Å². The zero-order valence-electron chi connectivity index (χ0n) is 12.7. The highest BCUT2D eigenvalue weighted by Crippen LogP contribution is 2.46. The van der Waals surface area contributed by atoms with E-state index in [1.807, 2.05) is 0 Å². The average molecular weight is 277 g/mol. The molecule has 0 aliphatic heterocycles. The normalized spacial score (nSPS) is 12.8. The molecule has 0 unspecified atom stereocenters. The molecular formula is C20H23N. The van der Waals surface area contributed by atoms with Crippen LogP contribution in [0.3, 0.4) is 0 Å². The summed E-state index contributed by atoms with van der Waals surface area (Å²) < 4.78 is 0. The Kier molecular flexibility index (Phi) is 4.10. The van der Waals surface area contributed by atoms with Gasteiger partial charge in [-0.1, -0.05) is 62.0 Å². The van der Waals surface area contributed by atoms with Crippen LogP contribution in [0.4, 0.5) is 0 Å². The van der Waals surface area contributed by atoms with Crippen LogP contribution < -0.4 is 5.32 Å². The lowest BCUT2D eigenvalue weighted by Gasteiger charge is -2.15. The van der Waals surface area contributed by atoms with Crippen LogP contribution in [0.2, 0.25) is 0 Å². The zero-order valence-corrected chi connectivity index (χ0v) is 12.7. The predicted molar refractivity (Wildman–Crippen MR) is 90.4 cm³/mol. The number of nitrogens with one attached hydrogen (secondary N) is 1.